The van der Waals surface area contributed by atoms with Crippen molar-refractivity contribution in [2.24, 2.45) is 5.92 Å². The van der Waals surface area contributed by atoms with Crippen molar-refractivity contribution in [2.45, 2.75) is 25.3 Å². The number of benzene rings is 1. The summed E-state index contributed by atoms with van der Waals surface area (Å²) in [5, 5.41) is 3.28. The molecular formula is C16H23ClN2O2. The highest BCUT2D eigenvalue weighted by molar-refractivity contribution is 5.85. The smallest absolute Gasteiger partial charge is 0.229 e. The van der Waals surface area contributed by atoms with Gasteiger partial charge in [0.15, 0.2) is 0 Å². The van der Waals surface area contributed by atoms with Crippen LogP contribution in [0.2, 0.25) is 0 Å². The molecule has 2 aliphatic heterocycles. The number of hydrogen-bond acceptors (Lipinski definition) is 3. The van der Waals surface area contributed by atoms with E-state index in [2.05, 4.69) is 11.4 Å². The molecule has 0 spiro atoms. The number of likely N-dealkylation sites (tertiary alicyclic amines) is 1. The zero-order valence-electron chi connectivity index (χ0n) is 12.4. The maximum Gasteiger partial charge on any atom is 0.229 e. The lowest BCUT2D eigenvalue weighted by molar-refractivity contribution is -0.138. The molecule has 2 unspecified atom stereocenters. The summed E-state index contributed by atoms with van der Waals surface area (Å²) in [5.74, 6) is 1.16. The van der Waals surface area contributed by atoms with Crippen LogP contribution in [-0.4, -0.2) is 43.6 Å². The van der Waals surface area contributed by atoms with E-state index in [4.69, 9.17) is 4.74 Å². The van der Waals surface area contributed by atoms with Gasteiger partial charge >= 0.3 is 0 Å². The number of nitrogens with one attached hydrogen (secondary N) is 1. The summed E-state index contributed by atoms with van der Waals surface area (Å²) in [5.41, 5.74) is 1.15. The van der Waals surface area contributed by atoms with Crippen LogP contribution in [-0.2, 0) is 11.2 Å². The fraction of sp³-hybridized carbons (Fsp3) is 0.562. The van der Waals surface area contributed by atoms with Crippen molar-refractivity contribution in [1.29, 1.82) is 0 Å². The first-order chi connectivity index (χ1) is 9.78. The molecule has 3 rings (SSSR count). The minimum atomic E-state index is -0.0273. The maximum atomic E-state index is 12.6. The van der Waals surface area contributed by atoms with Crippen LogP contribution in [0, 0.1) is 5.92 Å². The number of carbonyl (C=O) groups is 1. The lowest BCUT2D eigenvalue weighted by Gasteiger charge is -2.36. The van der Waals surface area contributed by atoms with E-state index in [1.165, 1.54) is 0 Å². The van der Waals surface area contributed by atoms with E-state index < -0.39 is 0 Å². The third-order valence-corrected chi connectivity index (χ3v) is 4.37. The molecule has 2 heterocycles. The van der Waals surface area contributed by atoms with Crippen LogP contribution in [0.3, 0.4) is 0 Å². The number of likely N-dealkylation sites (N-methyl/N-ethyl adjacent to an activating group) is 1. The predicted octanol–water partition coefficient (Wildman–Crippen LogP) is 1.87. The van der Waals surface area contributed by atoms with E-state index in [-0.39, 0.29) is 24.2 Å². The number of nitrogens with zero attached hydrogens (tertiary/aromatic N) is 1. The Morgan fingerprint density at radius 2 is 2.19 bits per heavy atom. The lowest BCUT2D eigenvalue weighted by atomic mass is 9.94. The molecule has 0 bridgehead atoms. The highest BCUT2D eigenvalue weighted by Gasteiger charge is 2.31. The second kappa shape index (κ2) is 7.14. The van der Waals surface area contributed by atoms with E-state index in [9.17, 15) is 4.79 Å². The fourth-order valence-electron chi connectivity index (χ4n) is 3.16. The van der Waals surface area contributed by atoms with E-state index >= 15 is 0 Å². The van der Waals surface area contributed by atoms with Gasteiger partial charge in [0.1, 0.15) is 12.4 Å². The molecule has 0 saturated carbocycles. The van der Waals surface area contributed by atoms with Gasteiger partial charge in [0.25, 0.3) is 0 Å². The SMILES string of the molecule is CNC1CCCN(C(=O)C2COc3ccccc3C2)C1.Cl. The standard InChI is InChI=1S/C16H22N2O2.ClH/c1-17-14-6-4-8-18(10-14)16(19)13-9-12-5-2-3-7-15(12)20-11-13;/h2-3,5,7,13-14,17H,4,6,8-11H2,1H3;1H. The molecule has 1 aromatic carbocycles. The third-order valence-electron chi connectivity index (χ3n) is 4.37. The third kappa shape index (κ3) is 3.50. The molecule has 1 saturated heterocycles. The van der Waals surface area contributed by atoms with Gasteiger partial charge in [0, 0.05) is 19.1 Å². The van der Waals surface area contributed by atoms with E-state index in [0.29, 0.717) is 12.6 Å². The first-order valence-electron chi connectivity index (χ1n) is 7.44. The predicted molar refractivity (Wildman–Crippen MR) is 85.0 cm³/mol. The summed E-state index contributed by atoms with van der Waals surface area (Å²) in [6.07, 6.45) is 3.04. The van der Waals surface area contributed by atoms with Crippen LogP contribution >= 0.6 is 12.4 Å². The van der Waals surface area contributed by atoms with Crippen molar-refractivity contribution in [1.82, 2.24) is 10.2 Å². The van der Waals surface area contributed by atoms with Crippen molar-refractivity contribution < 1.29 is 9.53 Å². The number of amides is 1. The summed E-state index contributed by atoms with van der Waals surface area (Å²) in [6.45, 7) is 2.22. The molecule has 116 valence electrons. The van der Waals surface area contributed by atoms with Crippen molar-refractivity contribution >= 4 is 18.3 Å². The molecule has 1 amide bonds. The van der Waals surface area contributed by atoms with Crippen LogP contribution < -0.4 is 10.1 Å². The lowest BCUT2D eigenvalue weighted by Crippen LogP contribution is -2.50. The van der Waals surface area contributed by atoms with Gasteiger partial charge in [-0.05, 0) is 37.9 Å². The maximum absolute atomic E-state index is 12.6. The molecule has 1 fully saturated rings. The van der Waals surface area contributed by atoms with Gasteiger partial charge in [-0.1, -0.05) is 18.2 Å². The van der Waals surface area contributed by atoms with E-state index in [1.807, 2.05) is 30.1 Å². The highest BCUT2D eigenvalue weighted by atomic mass is 35.5. The number of rotatable bonds is 2. The monoisotopic (exact) mass is 310 g/mol. The van der Waals surface area contributed by atoms with Crippen molar-refractivity contribution in [2.75, 3.05) is 26.7 Å². The average molecular weight is 311 g/mol. The quantitative estimate of drug-likeness (QED) is 0.907. The fourth-order valence-corrected chi connectivity index (χ4v) is 3.16. The molecule has 4 nitrogen and oxygen atoms in total. The Balaban J connectivity index is 0.00000161. The second-order valence-corrected chi connectivity index (χ2v) is 5.73. The van der Waals surface area contributed by atoms with Gasteiger partial charge in [-0.2, -0.15) is 0 Å². The summed E-state index contributed by atoms with van der Waals surface area (Å²) < 4.78 is 5.74. The second-order valence-electron chi connectivity index (χ2n) is 5.73. The van der Waals surface area contributed by atoms with Crippen LogP contribution in [0.5, 0.6) is 5.75 Å². The molecule has 0 aromatic heterocycles. The Kier molecular flexibility index (Phi) is 5.48. The summed E-state index contributed by atoms with van der Waals surface area (Å²) in [6, 6.07) is 8.45. The molecule has 1 aromatic rings. The molecule has 2 atom stereocenters. The molecule has 1 N–H and O–H groups in total. The number of hydrogen-bond donors (Lipinski definition) is 1. The zero-order valence-corrected chi connectivity index (χ0v) is 13.2. The normalized spacial score (nSPS) is 24.5. The van der Waals surface area contributed by atoms with Crippen LogP contribution in [0.15, 0.2) is 24.3 Å². The Hall–Kier alpha value is -1.26. The summed E-state index contributed by atoms with van der Waals surface area (Å²) >= 11 is 0. The topological polar surface area (TPSA) is 41.6 Å². The van der Waals surface area contributed by atoms with Gasteiger partial charge < -0.3 is 15.0 Å². The van der Waals surface area contributed by atoms with E-state index in [1.54, 1.807) is 0 Å². The molecule has 21 heavy (non-hydrogen) atoms. The van der Waals surface area contributed by atoms with Crippen LogP contribution in [0.1, 0.15) is 18.4 Å². The number of carbonyl (C=O) groups excluding carboxylic acids is 1. The molecular weight excluding hydrogens is 288 g/mol. The van der Waals surface area contributed by atoms with Gasteiger partial charge in [-0.25, -0.2) is 0 Å². The van der Waals surface area contributed by atoms with Gasteiger partial charge in [0.05, 0.1) is 5.92 Å². The number of ether oxygens (including phenoxy) is 1. The zero-order chi connectivity index (χ0) is 13.9. The number of halogens is 1. The summed E-state index contributed by atoms with van der Waals surface area (Å²) in [4.78, 5) is 14.6. The van der Waals surface area contributed by atoms with Crippen molar-refractivity contribution in [3.8, 4) is 5.75 Å². The highest BCUT2D eigenvalue weighted by Crippen LogP contribution is 2.28. The Morgan fingerprint density at radius 1 is 1.38 bits per heavy atom. The Morgan fingerprint density at radius 3 is 3.00 bits per heavy atom. The largest absolute Gasteiger partial charge is 0.492 e. The molecule has 0 aliphatic carbocycles. The Bertz CT molecular complexity index is 495. The van der Waals surface area contributed by atoms with Crippen molar-refractivity contribution in [3.63, 3.8) is 0 Å². The number of fused-ring (bicyclic) bond motifs is 1. The Labute approximate surface area is 132 Å². The average Bonchev–Trinajstić information content (AvgIpc) is 2.53. The molecule has 0 radical (unpaired) electrons. The van der Waals surface area contributed by atoms with Crippen LogP contribution in [0.25, 0.3) is 0 Å². The first kappa shape index (κ1) is 16.1. The minimum absolute atomic E-state index is 0. The first-order valence-corrected chi connectivity index (χ1v) is 7.44. The molecule has 2 aliphatic rings. The van der Waals surface area contributed by atoms with Crippen molar-refractivity contribution in [3.05, 3.63) is 29.8 Å². The summed E-state index contributed by atoms with van der Waals surface area (Å²) in [7, 11) is 1.97. The molecule has 5 heteroatoms. The van der Waals surface area contributed by atoms with Gasteiger partial charge in [-0.15, -0.1) is 12.4 Å². The minimum Gasteiger partial charge on any atom is -0.492 e. The number of piperidine rings is 1. The van der Waals surface area contributed by atoms with Gasteiger partial charge in [-0.3, -0.25) is 4.79 Å². The van der Waals surface area contributed by atoms with Gasteiger partial charge in [0.2, 0.25) is 5.91 Å². The van der Waals surface area contributed by atoms with Crippen LogP contribution in [0.4, 0.5) is 0 Å². The number of para-hydroxylation sites is 1. The van der Waals surface area contributed by atoms with E-state index in [0.717, 1.165) is 43.7 Å².